The standard InChI is InChI=1S/C21H17N5O/c27-21(25-12-15-6-2-1-3-7-15)18-13-24-19(14-23-18)26-17-10-4-8-16-9-5-11-22-20(16)17/h1-11,13-14H,12H2,(H,24,26)(H,25,27). The number of hydrogen-bond acceptors (Lipinski definition) is 5. The van der Waals surface area contributed by atoms with Crippen molar-refractivity contribution in [2.45, 2.75) is 6.54 Å². The summed E-state index contributed by atoms with van der Waals surface area (Å²) in [6, 6.07) is 19.5. The second kappa shape index (κ2) is 7.61. The molecule has 4 rings (SSSR count). The molecule has 6 heteroatoms. The minimum atomic E-state index is -0.260. The summed E-state index contributed by atoms with van der Waals surface area (Å²) in [5.74, 6) is 0.289. The summed E-state index contributed by atoms with van der Waals surface area (Å²) in [6.45, 7) is 0.447. The van der Waals surface area contributed by atoms with E-state index in [2.05, 4.69) is 25.6 Å². The Labute approximate surface area is 156 Å². The van der Waals surface area contributed by atoms with Gasteiger partial charge in [-0.2, -0.15) is 0 Å². The predicted molar refractivity (Wildman–Crippen MR) is 105 cm³/mol. The average molecular weight is 355 g/mol. The third kappa shape index (κ3) is 3.90. The maximum Gasteiger partial charge on any atom is 0.271 e. The summed E-state index contributed by atoms with van der Waals surface area (Å²) < 4.78 is 0. The van der Waals surface area contributed by atoms with Crippen LogP contribution in [0, 0.1) is 0 Å². The van der Waals surface area contributed by atoms with Crippen LogP contribution in [0.15, 0.2) is 79.3 Å². The monoisotopic (exact) mass is 355 g/mol. The number of fused-ring (bicyclic) bond motifs is 1. The van der Waals surface area contributed by atoms with Crippen LogP contribution in [-0.4, -0.2) is 20.9 Å². The van der Waals surface area contributed by atoms with E-state index in [-0.39, 0.29) is 11.6 Å². The number of nitrogens with zero attached hydrogens (tertiary/aromatic N) is 3. The molecule has 0 aliphatic carbocycles. The van der Waals surface area contributed by atoms with Crippen LogP contribution in [-0.2, 0) is 6.54 Å². The first-order valence-electron chi connectivity index (χ1n) is 8.54. The SMILES string of the molecule is O=C(NCc1ccccc1)c1cnc(Nc2cccc3cccnc23)cn1. The normalized spacial score (nSPS) is 10.5. The summed E-state index contributed by atoms with van der Waals surface area (Å²) in [5.41, 5.74) is 2.99. The summed E-state index contributed by atoms with van der Waals surface area (Å²) in [7, 11) is 0. The molecule has 0 fully saturated rings. The molecule has 1 amide bonds. The Hall–Kier alpha value is -3.80. The number of pyridine rings is 1. The van der Waals surface area contributed by atoms with Crippen LogP contribution in [0.4, 0.5) is 11.5 Å². The first-order chi connectivity index (χ1) is 13.3. The largest absolute Gasteiger partial charge is 0.347 e. The van der Waals surface area contributed by atoms with Crippen molar-refractivity contribution in [1.29, 1.82) is 0 Å². The summed E-state index contributed by atoms with van der Waals surface area (Å²) in [6.07, 6.45) is 4.75. The first-order valence-corrected chi connectivity index (χ1v) is 8.54. The van der Waals surface area contributed by atoms with E-state index in [0.717, 1.165) is 22.2 Å². The molecule has 0 saturated carbocycles. The Kier molecular flexibility index (Phi) is 4.70. The van der Waals surface area contributed by atoms with Crippen LogP contribution in [0.3, 0.4) is 0 Å². The number of anilines is 2. The van der Waals surface area contributed by atoms with Gasteiger partial charge >= 0.3 is 0 Å². The lowest BCUT2D eigenvalue weighted by Gasteiger charge is -2.09. The Morgan fingerprint density at radius 3 is 2.52 bits per heavy atom. The van der Waals surface area contributed by atoms with Crippen molar-refractivity contribution < 1.29 is 4.79 Å². The van der Waals surface area contributed by atoms with Gasteiger partial charge in [0.25, 0.3) is 5.91 Å². The fourth-order valence-electron chi connectivity index (χ4n) is 2.72. The zero-order valence-corrected chi connectivity index (χ0v) is 14.5. The van der Waals surface area contributed by atoms with E-state index in [0.29, 0.717) is 12.4 Å². The van der Waals surface area contributed by atoms with E-state index in [4.69, 9.17) is 0 Å². The molecule has 0 spiro atoms. The van der Waals surface area contributed by atoms with Crippen molar-refractivity contribution in [3.8, 4) is 0 Å². The zero-order valence-electron chi connectivity index (χ0n) is 14.5. The third-order valence-corrected chi connectivity index (χ3v) is 4.08. The summed E-state index contributed by atoms with van der Waals surface area (Å²) in [4.78, 5) is 25.1. The van der Waals surface area contributed by atoms with Crippen LogP contribution < -0.4 is 10.6 Å². The molecule has 2 N–H and O–H groups in total. The number of nitrogens with one attached hydrogen (secondary N) is 2. The van der Waals surface area contributed by atoms with Gasteiger partial charge in [0.15, 0.2) is 0 Å². The number of para-hydroxylation sites is 1. The van der Waals surface area contributed by atoms with Crippen LogP contribution >= 0.6 is 0 Å². The molecule has 132 valence electrons. The van der Waals surface area contributed by atoms with Crippen LogP contribution in [0.1, 0.15) is 16.1 Å². The highest BCUT2D eigenvalue weighted by Crippen LogP contribution is 2.23. The average Bonchev–Trinajstić information content (AvgIpc) is 2.74. The molecule has 0 bridgehead atoms. The lowest BCUT2D eigenvalue weighted by Crippen LogP contribution is -2.24. The number of carbonyl (C=O) groups is 1. The van der Waals surface area contributed by atoms with Gasteiger partial charge in [-0.15, -0.1) is 0 Å². The van der Waals surface area contributed by atoms with Crippen molar-refractivity contribution in [3.63, 3.8) is 0 Å². The molecule has 0 atom stereocenters. The number of aromatic nitrogens is 3. The Morgan fingerprint density at radius 1 is 0.852 bits per heavy atom. The number of benzene rings is 2. The van der Waals surface area contributed by atoms with E-state index in [1.54, 1.807) is 12.4 Å². The van der Waals surface area contributed by atoms with Gasteiger partial charge in [0.1, 0.15) is 11.5 Å². The summed E-state index contributed by atoms with van der Waals surface area (Å²) in [5, 5.41) is 7.07. The molecule has 0 saturated heterocycles. The maximum atomic E-state index is 12.2. The van der Waals surface area contributed by atoms with Crippen LogP contribution in [0.2, 0.25) is 0 Å². The number of hydrogen-bond donors (Lipinski definition) is 2. The highest BCUT2D eigenvalue weighted by molar-refractivity contribution is 5.93. The molecule has 27 heavy (non-hydrogen) atoms. The molecule has 6 nitrogen and oxygen atoms in total. The van der Waals surface area contributed by atoms with Crippen LogP contribution in [0.5, 0.6) is 0 Å². The molecule has 0 aliphatic rings. The molecule has 0 unspecified atom stereocenters. The second-order valence-corrected chi connectivity index (χ2v) is 5.96. The lowest BCUT2D eigenvalue weighted by molar-refractivity contribution is 0.0945. The van der Waals surface area contributed by atoms with Gasteiger partial charge in [0.2, 0.25) is 0 Å². The molecule has 2 aromatic carbocycles. The number of amides is 1. The number of carbonyl (C=O) groups excluding carboxylic acids is 1. The first kappa shape index (κ1) is 16.7. The highest BCUT2D eigenvalue weighted by Gasteiger charge is 2.09. The minimum absolute atomic E-state index is 0.260. The molecule has 0 radical (unpaired) electrons. The van der Waals surface area contributed by atoms with E-state index in [9.17, 15) is 4.79 Å². The van der Waals surface area contributed by atoms with Gasteiger partial charge in [0.05, 0.1) is 23.6 Å². The van der Waals surface area contributed by atoms with Gasteiger partial charge < -0.3 is 10.6 Å². The smallest absolute Gasteiger partial charge is 0.271 e. The molecular formula is C21H17N5O. The van der Waals surface area contributed by atoms with Crippen molar-refractivity contribution >= 4 is 28.3 Å². The van der Waals surface area contributed by atoms with Crippen molar-refractivity contribution in [2.24, 2.45) is 0 Å². The van der Waals surface area contributed by atoms with Gasteiger partial charge in [-0.05, 0) is 17.7 Å². The van der Waals surface area contributed by atoms with Crippen molar-refractivity contribution in [3.05, 3.63) is 90.5 Å². The van der Waals surface area contributed by atoms with E-state index >= 15 is 0 Å². The van der Waals surface area contributed by atoms with E-state index < -0.39 is 0 Å². The molecule has 0 aliphatic heterocycles. The lowest BCUT2D eigenvalue weighted by atomic mass is 10.2. The minimum Gasteiger partial charge on any atom is -0.347 e. The van der Waals surface area contributed by atoms with Crippen molar-refractivity contribution in [2.75, 3.05) is 5.32 Å². The van der Waals surface area contributed by atoms with Gasteiger partial charge in [-0.3, -0.25) is 9.78 Å². The fraction of sp³-hybridized carbons (Fsp3) is 0.0476. The zero-order chi connectivity index (χ0) is 18.5. The van der Waals surface area contributed by atoms with Gasteiger partial charge in [-0.25, -0.2) is 9.97 Å². The molecule has 2 aromatic heterocycles. The van der Waals surface area contributed by atoms with E-state index in [1.807, 2.05) is 60.7 Å². The highest BCUT2D eigenvalue weighted by atomic mass is 16.1. The number of rotatable bonds is 5. The van der Waals surface area contributed by atoms with E-state index in [1.165, 1.54) is 6.20 Å². The quantitative estimate of drug-likeness (QED) is 0.571. The van der Waals surface area contributed by atoms with Crippen molar-refractivity contribution in [1.82, 2.24) is 20.3 Å². The van der Waals surface area contributed by atoms with Crippen LogP contribution in [0.25, 0.3) is 10.9 Å². The van der Waals surface area contributed by atoms with Gasteiger partial charge in [-0.1, -0.05) is 48.5 Å². The Morgan fingerprint density at radius 2 is 1.70 bits per heavy atom. The Bertz CT molecular complexity index is 1060. The molecule has 4 aromatic rings. The molecular weight excluding hydrogens is 338 g/mol. The topological polar surface area (TPSA) is 79.8 Å². The fourth-order valence-corrected chi connectivity index (χ4v) is 2.72. The van der Waals surface area contributed by atoms with Gasteiger partial charge in [0, 0.05) is 18.1 Å². The maximum absolute atomic E-state index is 12.2. The summed E-state index contributed by atoms with van der Waals surface area (Å²) >= 11 is 0. The molecule has 2 heterocycles. The second-order valence-electron chi connectivity index (χ2n) is 5.96. The Balaban J connectivity index is 1.45. The third-order valence-electron chi connectivity index (χ3n) is 4.08. The predicted octanol–water partition coefficient (Wildman–Crippen LogP) is 3.70.